The number of thiophene rings is 1. The number of anilines is 2. The lowest BCUT2D eigenvalue weighted by Crippen LogP contribution is -2.19. The molecule has 0 radical (unpaired) electrons. The van der Waals surface area contributed by atoms with Crippen LogP contribution in [0.15, 0.2) is 24.3 Å². The van der Waals surface area contributed by atoms with E-state index in [0.29, 0.717) is 16.3 Å². The van der Waals surface area contributed by atoms with E-state index in [1.807, 2.05) is 0 Å². The number of nitrogens with zero attached hydrogens (tertiary/aromatic N) is 2. The summed E-state index contributed by atoms with van der Waals surface area (Å²) in [7, 11) is 0. The van der Waals surface area contributed by atoms with Gasteiger partial charge in [0.15, 0.2) is 0 Å². The number of benzene rings is 1. The van der Waals surface area contributed by atoms with Crippen molar-refractivity contribution in [2.45, 2.75) is 32.1 Å². The standard InChI is InChI=1S/C17H16N4O3S/c18-10-14-13-4-2-1-3-5-15(13)25-16(14)20-17(22)19-11-6-8-12(9-7-11)21(23)24/h6-9H,1-5H2,(H2,19,20,22). The van der Waals surface area contributed by atoms with E-state index >= 15 is 0 Å². The highest BCUT2D eigenvalue weighted by Gasteiger charge is 2.21. The van der Waals surface area contributed by atoms with Crippen molar-refractivity contribution in [2.24, 2.45) is 0 Å². The molecule has 0 spiro atoms. The Morgan fingerprint density at radius 3 is 2.56 bits per heavy atom. The maximum absolute atomic E-state index is 12.2. The third-order valence-corrected chi connectivity index (χ3v) is 5.30. The molecular weight excluding hydrogens is 340 g/mol. The number of urea groups is 1. The van der Waals surface area contributed by atoms with Gasteiger partial charge in [-0.2, -0.15) is 5.26 Å². The topological polar surface area (TPSA) is 108 Å². The highest BCUT2D eigenvalue weighted by Crippen LogP contribution is 2.37. The van der Waals surface area contributed by atoms with Gasteiger partial charge in [-0.3, -0.25) is 15.4 Å². The van der Waals surface area contributed by atoms with Gasteiger partial charge >= 0.3 is 6.03 Å². The number of non-ortho nitro benzene ring substituents is 1. The van der Waals surface area contributed by atoms with E-state index in [4.69, 9.17) is 0 Å². The van der Waals surface area contributed by atoms with E-state index in [1.165, 1.54) is 40.5 Å². The molecule has 0 saturated carbocycles. The molecule has 0 saturated heterocycles. The summed E-state index contributed by atoms with van der Waals surface area (Å²) in [4.78, 5) is 23.5. The van der Waals surface area contributed by atoms with Crippen LogP contribution in [0.1, 0.15) is 35.3 Å². The summed E-state index contributed by atoms with van der Waals surface area (Å²) in [5, 5.41) is 26.0. The Bertz CT molecular complexity index is 852. The Morgan fingerprint density at radius 1 is 1.16 bits per heavy atom. The molecule has 2 amide bonds. The van der Waals surface area contributed by atoms with Gasteiger partial charge in [0.1, 0.15) is 11.1 Å². The fourth-order valence-electron chi connectivity index (χ4n) is 2.88. The van der Waals surface area contributed by atoms with Gasteiger partial charge in [-0.15, -0.1) is 11.3 Å². The molecule has 1 aliphatic carbocycles. The maximum atomic E-state index is 12.2. The number of amides is 2. The first-order valence-corrected chi connectivity index (χ1v) is 8.77. The summed E-state index contributed by atoms with van der Waals surface area (Å²) >= 11 is 1.46. The molecule has 0 fully saturated rings. The van der Waals surface area contributed by atoms with E-state index in [-0.39, 0.29) is 5.69 Å². The van der Waals surface area contributed by atoms with Crippen molar-refractivity contribution < 1.29 is 9.72 Å². The fourth-order valence-corrected chi connectivity index (χ4v) is 4.12. The Morgan fingerprint density at radius 2 is 1.88 bits per heavy atom. The predicted molar refractivity (Wildman–Crippen MR) is 96.0 cm³/mol. The third-order valence-electron chi connectivity index (χ3n) is 4.10. The van der Waals surface area contributed by atoms with Crippen LogP contribution in [-0.2, 0) is 12.8 Å². The van der Waals surface area contributed by atoms with Crippen LogP contribution in [0.3, 0.4) is 0 Å². The van der Waals surface area contributed by atoms with Crippen molar-refractivity contribution in [3.63, 3.8) is 0 Å². The van der Waals surface area contributed by atoms with Crippen LogP contribution < -0.4 is 10.6 Å². The zero-order valence-corrected chi connectivity index (χ0v) is 14.2. The zero-order chi connectivity index (χ0) is 17.8. The van der Waals surface area contributed by atoms with Crippen molar-refractivity contribution in [3.05, 3.63) is 50.4 Å². The molecule has 128 valence electrons. The number of hydrogen-bond acceptors (Lipinski definition) is 5. The average Bonchev–Trinajstić information content (AvgIpc) is 2.75. The minimum Gasteiger partial charge on any atom is -0.308 e. The summed E-state index contributed by atoms with van der Waals surface area (Å²) < 4.78 is 0. The Hall–Kier alpha value is -2.92. The quantitative estimate of drug-likeness (QED) is 0.481. The first-order valence-electron chi connectivity index (χ1n) is 7.95. The van der Waals surface area contributed by atoms with Crippen molar-refractivity contribution in [2.75, 3.05) is 10.6 Å². The summed E-state index contributed by atoms with van der Waals surface area (Å²) in [6.07, 6.45) is 5.15. The average molecular weight is 356 g/mol. The number of carbonyl (C=O) groups excluding carboxylic acids is 1. The molecular formula is C17H16N4O3S. The number of rotatable bonds is 3. The van der Waals surface area contributed by atoms with Gasteiger partial charge in [0, 0.05) is 22.7 Å². The van der Waals surface area contributed by atoms with Crippen molar-refractivity contribution in [1.29, 1.82) is 5.26 Å². The van der Waals surface area contributed by atoms with Gasteiger partial charge in [0.2, 0.25) is 0 Å². The largest absolute Gasteiger partial charge is 0.324 e. The molecule has 1 aromatic heterocycles. The van der Waals surface area contributed by atoms with Gasteiger partial charge < -0.3 is 5.32 Å². The van der Waals surface area contributed by atoms with Crippen molar-refractivity contribution >= 4 is 33.7 Å². The first-order chi connectivity index (χ1) is 12.1. The van der Waals surface area contributed by atoms with Crippen LogP contribution in [-0.4, -0.2) is 11.0 Å². The summed E-state index contributed by atoms with van der Waals surface area (Å²) in [6, 6.07) is 7.32. The molecule has 8 heteroatoms. The van der Waals surface area contributed by atoms with E-state index in [0.717, 1.165) is 37.7 Å². The van der Waals surface area contributed by atoms with Gasteiger partial charge in [0.25, 0.3) is 5.69 Å². The predicted octanol–water partition coefficient (Wildman–Crippen LogP) is 4.44. The number of fused-ring (bicyclic) bond motifs is 1. The van der Waals surface area contributed by atoms with Crippen LogP contribution in [0.2, 0.25) is 0 Å². The van der Waals surface area contributed by atoms with Crippen LogP contribution in [0.25, 0.3) is 0 Å². The molecule has 7 nitrogen and oxygen atoms in total. The summed E-state index contributed by atoms with van der Waals surface area (Å²) in [5.41, 5.74) is 2.02. The SMILES string of the molecule is N#Cc1c(NC(=O)Nc2ccc([N+](=O)[O-])cc2)sc2c1CCCCC2. The first kappa shape index (κ1) is 16.9. The molecule has 3 rings (SSSR count). The molecule has 2 aromatic rings. The minimum absolute atomic E-state index is 0.0419. The van der Waals surface area contributed by atoms with Crippen molar-refractivity contribution in [3.8, 4) is 6.07 Å². The van der Waals surface area contributed by atoms with Gasteiger partial charge in [-0.05, 0) is 43.4 Å². The normalized spacial score (nSPS) is 13.2. The van der Waals surface area contributed by atoms with E-state index < -0.39 is 11.0 Å². The highest BCUT2D eigenvalue weighted by molar-refractivity contribution is 7.16. The molecule has 1 aromatic carbocycles. The Balaban J connectivity index is 1.73. The minimum atomic E-state index is -0.498. The zero-order valence-electron chi connectivity index (χ0n) is 13.4. The molecule has 1 heterocycles. The second-order valence-electron chi connectivity index (χ2n) is 5.76. The molecule has 0 unspecified atom stereocenters. The van der Waals surface area contributed by atoms with Crippen LogP contribution in [0.4, 0.5) is 21.2 Å². The summed E-state index contributed by atoms with van der Waals surface area (Å²) in [5.74, 6) is 0. The molecule has 0 aliphatic heterocycles. The number of aryl methyl sites for hydroxylation is 1. The van der Waals surface area contributed by atoms with Crippen LogP contribution >= 0.6 is 11.3 Å². The highest BCUT2D eigenvalue weighted by atomic mass is 32.1. The number of carbonyl (C=O) groups is 1. The molecule has 2 N–H and O–H groups in total. The second kappa shape index (κ2) is 7.32. The number of nitro groups is 1. The van der Waals surface area contributed by atoms with Crippen LogP contribution in [0.5, 0.6) is 0 Å². The van der Waals surface area contributed by atoms with Crippen molar-refractivity contribution in [1.82, 2.24) is 0 Å². The Labute approximate surface area is 148 Å². The molecule has 0 bridgehead atoms. The number of nitriles is 1. The molecule has 0 atom stereocenters. The van der Waals surface area contributed by atoms with Gasteiger partial charge in [-0.1, -0.05) is 6.42 Å². The van der Waals surface area contributed by atoms with Gasteiger partial charge in [-0.25, -0.2) is 4.79 Å². The fraction of sp³-hybridized carbons (Fsp3) is 0.294. The number of nitro benzene ring substituents is 1. The van der Waals surface area contributed by atoms with Crippen LogP contribution in [0, 0.1) is 21.4 Å². The number of nitrogens with one attached hydrogen (secondary N) is 2. The Kier molecular flexibility index (Phi) is 4.95. The third kappa shape index (κ3) is 3.78. The maximum Gasteiger partial charge on any atom is 0.324 e. The smallest absolute Gasteiger partial charge is 0.308 e. The monoisotopic (exact) mass is 356 g/mol. The lowest BCUT2D eigenvalue weighted by Gasteiger charge is -2.06. The van der Waals surface area contributed by atoms with E-state index in [9.17, 15) is 20.2 Å². The van der Waals surface area contributed by atoms with E-state index in [2.05, 4.69) is 16.7 Å². The summed E-state index contributed by atoms with van der Waals surface area (Å²) in [6.45, 7) is 0. The number of hydrogen-bond donors (Lipinski definition) is 2. The molecule has 1 aliphatic rings. The lowest BCUT2D eigenvalue weighted by molar-refractivity contribution is -0.384. The van der Waals surface area contributed by atoms with Gasteiger partial charge in [0.05, 0.1) is 10.5 Å². The molecule has 25 heavy (non-hydrogen) atoms. The lowest BCUT2D eigenvalue weighted by atomic mass is 10.1. The second-order valence-corrected chi connectivity index (χ2v) is 6.87. The van der Waals surface area contributed by atoms with E-state index in [1.54, 1.807) is 0 Å².